The molecule has 0 bridgehead atoms. The highest BCUT2D eigenvalue weighted by Crippen LogP contribution is 2.39. The average molecular weight is 404 g/mol. The fourth-order valence-electron chi connectivity index (χ4n) is 3.55. The minimum Gasteiger partial charge on any atom is -0.342 e. The van der Waals surface area contributed by atoms with Gasteiger partial charge in [-0.2, -0.15) is 0 Å². The van der Waals surface area contributed by atoms with Crippen LogP contribution in [0, 0.1) is 5.92 Å². The van der Waals surface area contributed by atoms with E-state index in [0.717, 1.165) is 43.3 Å². The smallest absolute Gasteiger partial charge is 0.332 e. The van der Waals surface area contributed by atoms with E-state index in [1.807, 2.05) is 4.90 Å². The summed E-state index contributed by atoms with van der Waals surface area (Å²) in [6, 6.07) is 0. The Labute approximate surface area is 167 Å². The number of aromatic nitrogens is 4. The molecule has 2 fully saturated rings. The van der Waals surface area contributed by atoms with Gasteiger partial charge in [0.15, 0.2) is 5.65 Å². The number of nitrogens with zero attached hydrogens (tertiary/aromatic N) is 5. The van der Waals surface area contributed by atoms with Gasteiger partial charge in [-0.3, -0.25) is 18.7 Å². The van der Waals surface area contributed by atoms with Crippen LogP contribution in [-0.4, -0.2) is 48.8 Å². The quantitative estimate of drug-likeness (QED) is 0.564. The summed E-state index contributed by atoms with van der Waals surface area (Å²) < 4.78 is 2.46. The second kappa shape index (κ2) is 7.35. The van der Waals surface area contributed by atoms with Crippen LogP contribution >= 0.6 is 11.8 Å². The third kappa shape index (κ3) is 3.47. The molecule has 150 valence electrons. The summed E-state index contributed by atoms with van der Waals surface area (Å²) in [7, 11) is 3.07. The SMILES string of the molecule is CC1CCN(C(=O)CSc2nc(C3CC3)nc3c2c(=O)n(C)c(=O)n3C)CC1. The van der Waals surface area contributed by atoms with Crippen molar-refractivity contribution >= 4 is 28.7 Å². The summed E-state index contributed by atoms with van der Waals surface area (Å²) in [5.41, 5.74) is -0.471. The van der Waals surface area contributed by atoms with E-state index in [0.29, 0.717) is 27.8 Å². The van der Waals surface area contributed by atoms with Gasteiger partial charge in [-0.1, -0.05) is 18.7 Å². The molecule has 0 atom stereocenters. The Bertz CT molecular complexity index is 1050. The van der Waals surface area contributed by atoms with Gasteiger partial charge >= 0.3 is 5.69 Å². The monoisotopic (exact) mass is 403 g/mol. The number of thioether (sulfide) groups is 1. The summed E-state index contributed by atoms with van der Waals surface area (Å²) in [6.45, 7) is 3.78. The molecule has 1 saturated heterocycles. The third-order valence-corrected chi connectivity index (χ3v) is 6.66. The van der Waals surface area contributed by atoms with Crippen LogP contribution in [0.4, 0.5) is 0 Å². The molecule has 1 aliphatic carbocycles. The van der Waals surface area contributed by atoms with Crippen molar-refractivity contribution in [3.05, 3.63) is 26.7 Å². The minimum absolute atomic E-state index is 0.0679. The van der Waals surface area contributed by atoms with Crippen LogP contribution in [0.25, 0.3) is 11.0 Å². The predicted molar refractivity (Wildman–Crippen MR) is 108 cm³/mol. The van der Waals surface area contributed by atoms with Gasteiger partial charge in [0.1, 0.15) is 16.2 Å². The molecular formula is C19H25N5O3S. The van der Waals surface area contributed by atoms with Gasteiger partial charge in [-0.15, -0.1) is 0 Å². The molecule has 1 aliphatic heterocycles. The van der Waals surface area contributed by atoms with Gasteiger partial charge in [0.05, 0.1) is 5.75 Å². The van der Waals surface area contributed by atoms with E-state index < -0.39 is 11.2 Å². The maximum atomic E-state index is 12.8. The normalized spacial score (nSPS) is 18.0. The molecule has 0 spiro atoms. The van der Waals surface area contributed by atoms with Gasteiger partial charge in [-0.25, -0.2) is 14.8 Å². The second-order valence-corrected chi connectivity index (χ2v) is 8.88. The van der Waals surface area contributed by atoms with Crippen LogP contribution < -0.4 is 11.2 Å². The van der Waals surface area contributed by atoms with Crippen molar-refractivity contribution in [1.29, 1.82) is 0 Å². The van der Waals surface area contributed by atoms with Crippen molar-refractivity contribution in [3.8, 4) is 0 Å². The Morgan fingerprint density at radius 2 is 1.75 bits per heavy atom. The van der Waals surface area contributed by atoms with E-state index in [9.17, 15) is 14.4 Å². The number of amides is 1. The summed E-state index contributed by atoms with van der Waals surface area (Å²) >= 11 is 1.28. The molecule has 2 aromatic rings. The lowest BCUT2D eigenvalue weighted by molar-refractivity contribution is -0.129. The largest absolute Gasteiger partial charge is 0.342 e. The molecule has 9 heteroatoms. The maximum Gasteiger partial charge on any atom is 0.332 e. The van der Waals surface area contributed by atoms with Crippen molar-refractivity contribution in [2.45, 2.75) is 43.6 Å². The first-order valence-corrected chi connectivity index (χ1v) is 10.7. The number of rotatable bonds is 4. The van der Waals surface area contributed by atoms with Crippen LogP contribution in [0.2, 0.25) is 0 Å². The number of aryl methyl sites for hydroxylation is 1. The Morgan fingerprint density at radius 1 is 1.07 bits per heavy atom. The predicted octanol–water partition coefficient (Wildman–Crippen LogP) is 1.26. The van der Waals surface area contributed by atoms with Crippen LogP contribution in [-0.2, 0) is 18.9 Å². The van der Waals surface area contributed by atoms with Gasteiger partial charge in [0.2, 0.25) is 5.91 Å². The number of hydrogen-bond donors (Lipinski definition) is 0. The van der Waals surface area contributed by atoms with E-state index in [4.69, 9.17) is 0 Å². The Balaban J connectivity index is 1.68. The molecule has 28 heavy (non-hydrogen) atoms. The lowest BCUT2D eigenvalue weighted by atomic mass is 9.99. The number of carbonyl (C=O) groups excluding carboxylic acids is 1. The molecule has 2 aliphatic rings. The van der Waals surface area contributed by atoms with E-state index in [-0.39, 0.29) is 17.6 Å². The fourth-order valence-corrected chi connectivity index (χ4v) is 4.48. The van der Waals surface area contributed by atoms with Crippen LogP contribution in [0.1, 0.15) is 44.3 Å². The molecule has 8 nitrogen and oxygen atoms in total. The molecule has 0 aromatic carbocycles. The van der Waals surface area contributed by atoms with Crippen LogP contribution in [0.15, 0.2) is 14.6 Å². The number of fused-ring (bicyclic) bond motifs is 1. The van der Waals surface area contributed by atoms with Crippen molar-refractivity contribution in [3.63, 3.8) is 0 Å². The first-order valence-electron chi connectivity index (χ1n) is 9.75. The molecule has 0 unspecified atom stereocenters. The Hall–Kier alpha value is -2.16. The molecule has 1 saturated carbocycles. The topological polar surface area (TPSA) is 90.1 Å². The third-order valence-electron chi connectivity index (χ3n) is 5.70. The van der Waals surface area contributed by atoms with Crippen molar-refractivity contribution in [1.82, 2.24) is 24.0 Å². The fraction of sp³-hybridized carbons (Fsp3) is 0.632. The van der Waals surface area contributed by atoms with E-state index in [2.05, 4.69) is 16.9 Å². The Kier molecular flexibility index (Phi) is 5.03. The van der Waals surface area contributed by atoms with Gasteiger partial charge in [-0.05, 0) is 31.6 Å². The molecule has 3 heterocycles. The van der Waals surface area contributed by atoms with E-state index in [1.54, 1.807) is 7.05 Å². The molecule has 0 radical (unpaired) electrons. The standard InChI is InChI=1S/C19H25N5O3S/c1-11-6-8-24(9-7-11)13(25)10-28-17-14-16(20-15(21-17)12-4-5-12)22(2)19(27)23(3)18(14)26/h11-12H,4-10H2,1-3H3. The highest BCUT2D eigenvalue weighted by molar-refractivity contribution is 8.00. The van der Waals surface area contributed by atoms with Crippen LogP contribution in [0.5, 0.6) is 0 Å². The van der Waals surface area contributed by atoms with Crippen molar-refractivity contribution in [2.75, 3.05) is 18.8 Å². The zero-order chi connectivity index (χ0) is 20.0. The number of hydrogen-bond acceptors (Lipinski definition) is 6. The number of likely N-dealkylation sites (tertiary alicyclic amines) is 1. The van der Waals surface area contributed by atoms with Gasteiger partial charge < -0.3 is 4.90 Å². The highest BCUT2D eigenvalue weighted by atomic mass is 32.2. The summed E-state index contributed by atoms with van der Waals surface area (Å²) in [4.78, 5) is 48.7. The molecule has 4 rings (SSSR count). The summed E-state index contributed by atoms with van der Waals surface area (Å²) in [5.74, 6) is 1.90. The number of piperidine rings is 1. The average Bonchev–Trinajstić information content (AvgIpc) is 3.54. The first-order chi connectivity index (χ1) is 13.4. The van der Waals surface area contributed by atoms with E-state index >= 15 is 0 Å². The molecule has 2 aromatic heterocycles. The van der Waals surface area contributed by atoms with Crippen LogP contribution in [0.3, 0.4) is 0 Å². The zero-order valence-electron chi connectivity index (χ0n) is 16.5. The van der Waals surface area contributed by atoms with Gasteiger partial charge in [0.25, 0.3) is 5.56 Å². The zero-order valence-corrected chi connectivity index (χ0v) is 17.3. The summed E-state index contributed by atoms with van der Waals surface area (Å²) in [6.07, 6.45) is 4.08. The molecule has 0 N–H and O–H groups in total. The lowest BCUT2D eigenvalue weighted by Gasteiger charge is -2.30. The highest BCUT2D eigenvalue weighted by Gasteiger charge is 2.29. The van der Waals surface area contributed by atoms with E-state index in [1.165, 1.54) is 23.4 Å². The van der Waals surface area contributed by atoms with Crippen molar-refractivity contribution in [2.24, 2.45) is 20.0 Å². The summed E-state index contributed by atoms with van der Waals surface area (Å²) in [5, 5.41) is 0.820. The minimum atomic E-state index is -0.415. The second-order valence-electron chi connectivity index (χ2n) is 7.92. The van der Waals surface area contributed by atoms with Crippen molar-refractivity contribution < 1.29 is 4.79 Å². The van der Waals surface area contributed by atoms with Gasteiger partial charge in [0, 0.05) is 33.1 Å². The maximum absolute atomic E-state index is 12.8. The molecular weight excluding hydrogens is 378 g/mol. The number of carbonyl (C=O) groups is 1. The lowest BCUT2D eigenvalue weighted by Crippen LogP contribution is -2.39. The molecule has 1 amide bonds. The first kappa shape index (κ1) is 19.2. The Morgan fingerprint density at radius 3 is 2.39 bits per heavy atom.